The Morgan fingerprint density at radius 2 is 1.95 bits per heavy atom. The van der Waals surface area contributed by atoms with Crippen LogP contribution in [-0.4, -0.2) is 20.1 Å². The molecule has 0 bridgehead atoms. The third kappa shape index (κ3) is 3.06. The van der Waals surface area contributed by atoms with Crippen LogP contribution in [0.15, 0.2) is 47.4 Å². The monoisotopic (exact) mass is 326 g/mol. The molecule has 3 N–H and O–H groups in total. The zero-order valence-electron chi connectivity index (χ0n) is 11.3. The molecule has 112 valence electrons. The molecule has 0 spiro atoms. The molecule has 0 aliphatic heterocycles. The second-order valence-electron chi connectivity index (χ2n) is 4.38. The SMILES string of the molecule is CCN(c1cccc(O)c1)S(=O)(=O)c1ccc(N)cc1Cl. The molecule has 0 amide bonds. The molecule has 0 aromatic heterocycles. The molecule has 7 heteroatoms. The van der Waals surface area contributed by atoms with E-state index < -0.39 is 10.0 Å². The van der Waals surface area contributed by atoms with Crippen LogP contribution in [0.1, 0.15) is 6.92 Å². The third-order valence-corrected chi connectivity index (χ3v) is 5.31. The van der Waals surface area contributed by atoms with E-state index in [0.29, 0.717) is 11.4 Å². The van der Waals surface area contributed by atoms with Gasteiger partial charge in [0.15, 0.2) is 0 Å². The first-order valence-corrected chi connectivity index (χ1v) is 8.05. The van der Waals surface area contributed by atoms with E-state index in [1.807, 2.05) is 0 Å². The highest BCUT2D eigenvalue weighted by Crippen LogP contribution is 2.30. The van der Waals surface area contributed by atoms with Crippen LogP contribution >= 0.6 is 11.6 Å². The molecule has 0 saturated heterocycles. The Kier molecular flexibility index (Phi) is 4.29. The molecule has 0 aliphatic rings. The first-order valence-electron chi connectivity index (χ1n) is 6.23. The summed E-state index contributed by atoms with van der Waals surface area (Å²) in [7, 11) is -3.83. The summed E-state index contributed by atoms with van der Waals surface area (Å²) < 4.78 is 26.6. The molecule has 0 radical (unpaired) electrons. The summed E-state index contributed by atoms with van der Waals surface area (Å²) in [6.07, 6.45) is 0. The number of phenolic OH excluding ortho intramolecular Hbond substituents is 1. The van der Waals surface area contributed by atoms with Gasteiger partial charge in [-0.2, -0.15) is 0 Å². The van der Waals surface area contributed by atoms with Gasteiger partial charge in [0, 0.05) is 18.3 Å². The summed E-state index contributed by atoms with van der Waals surface area (Å²) >= 11 is 6.00. The Labute approximate surface area is 128 Å². The molecule has 2 aromatic carbocycles. The highest BCUT2D eigenvalue weighted by atomic mass is 35.5. The lowest BCUT2D eigenvalue weighted by Crippen LogP contribution is -2.30. The maximum atomic E-state index is 12.7. The van der Waals surface area contributed by atoms with Gasteiger partial charge in [-0.25, -0.2) is 8.42 Å². The van der Waals surface area contributed by atoms with Gasteiger partial charge in [-0.05, 0) is 37.3 Å². The smallest absolute Gasteiger partial charge is 0.265 e. The number of sulfonamides is 1. The topological polar surface area (TPSA) is 83.6 Å². The van der Waals surface area contributed by atoms with E-state index in [-0.39, 0.29) is 22.2 Å². The maximum Gasteiger partial charge on any atom is 0.265 e. The molecule has 5 nitrogen and oxygen atoms in total. The van der Waals surface area contributed by atoms with Crippen LogP contribution in [0.2, 0.25) is 5.02 Å². The summed E-state index contributed by atoms with van der Waals surface area (Å²) in [6, 6.07) is 10.3. The number of nitrogen functional groups attached to an aromatic ring is 1. The van der Waals surface area contributed by atoms with E-state index in [1.165, 1.54) is 34.6 Å². The molecule has 2 aromatic rings. The summed E-state index contributed by atoms with van der Waals surface area (Å²) in [5.41, 5.74) is 6.34. The van der Waals surface area contributed by atoms with Crippen molar-refractivity contribution >= 4 is 33.0 Å². The predicted molar refractivity (Wildman–Crippen MR) is 84.2 cm³/mol. The van der Waals surface area contributed by atoms with Crippen LogP contribution in [0.25, 0.3) is 0 Å². The predicted octanol–water partition coefficient (Wildman–Crippen LogP) is 2.84. The van der Waals surface area contributed by atoms with Crippen molar-refractivity contribution < 1.29 is 13.5 Å². The van der Waals surface area contributed by atoms with Gasteiger partial charge in [-0.3, -0.25) is 4.31 Å². The number of hydrogen-bond acceptors (Lipinski definition) is 4. The molecule has 0 saturated carbocycles. The van der Waals surface area contributed by atoms with Crippen LogP contribution in [0.3, 0.4) is 0 Å². The minimum Gasteiger partial charge on any atom is -0.508 e. The lowest BCUT2D eigenvalue weighted by atomic mass is 10.3. The molecule has 21 heavy (non-hydrogen) atoms. The van der Waals surface area contributed by atoms with Gasteiger partial charge in [0.25, 0.3) is 10.0 Å². The van der Waals surface area contributed by atoms with Crippen LogP contribution in [-0.2, 0) is 10.0 Å². The minimum atomic E-state index is -3.83. The summed E-state index contributed by atoms with van der Waals surface area (Å²) in [5, 5.41) is 9.58. The van der Waals surface area contributed by atoms with Gasteiger partial charge in [0.2, 0.25) is 0 Å². The van der Waals surface area contributed by atoms with Gasteiger partial charge >= 0.3 is 0 Å². The minimum absolute atomic E-state index is 0.00967. The second-order valence-corrected chi connectivity index (χ2v) is 6.62. The van der Waals surface area contributed by atoms with E-state index in [2.05, 4.69) is 0 Å². The number of aromatic hydroxyl groups is 1. The van der Waals surface area contributed by atoms with E-state index in [0.717, 1.165) is 0 Å². The molecular formula is C14H15ClN2O3S. The molecule has 2 rings (SSSR count). The second kappa shape index (κ2) is 5.83. The maximum absolute atomic E-state index is 12.7. The van der Waals surface area contributed by atoms with Crippen LogP contribution in [0, 0.1) is 0 Å². The van der Waals surface area contributed by atoms with Gasteiger partial charge in [-0.1, -0.05) is 17.7 Å². The number of anilines is 2. The first-order chi connectivity index (χ1) is 9.86. The highest BCUT2D eigenvalue weighted by Gasteiger charge is 2.26. The van der Waals surface area contributed by atoms with E-state index in [1.54, 1.807) is 19.1 Å². The summed E-state index contributed by atoms with van der Waals surface area (Å²) in [6.45, 7) is 1.90. The number of halogens is 1. The Bertz CT molecular complexity index is 763. The van der Waals surface area contributed by atoms with Gasteiger partial charge < -0.3 is 10.8 Å². The van der Waals surface area contributed by atoms with Crippen LogP contribution in [0.5, 0.6) is 5.75 Å². The van der Waals surface area contributed by atoms with Gasteiger partial charge in [0.05, 0.1) is 10.7 Å². The Morgan fingerprint density at radius 1 is 1.24 bits per heavy atom. The third-order valence-electron chi connectivity index (χ3n) is 2.93. The number of rotatable bonds is 4. The average Bonchev–Trinajstić information content (AvgIpc) is 2.38. The Morgan fingerprint density at radius 3 is 2.52 bits per heavy atom. The molecule has 0 heterocycles. The van der Waals surface area contributed by atoms with E-state index in [9.17, 15) is 13.5 Å². The fraction of sp³-hybridized carbons (Fsp3) is 0.143. The number of phenols is 1. The van der Waals surface area contributed by atoms with Gasteiger partial charge in [0.1, 0.15) is 10.6 Å². The Hall–Kier alpha value is -1.92. The van der Waals surface area contributed by atoms with Crippen molar-refractivity contribution in [3.05, 3.63) is 47.5 Å². The van der Waals surface area contributed by atoms with Crippen molar-refractivity contribution in [2.45, 2.75) is 11.8 Å². The fourth-order valence-corrected chi connectivity index (χ4v) is 3.98. The van der Waals surface area contributed by atoms with Crippen molar-refractivity contribution in [3.63, 3.8) is 0 Å². The van der Waals surface area contributed by atoms with Crippen LogP contribution < -0.4 is 10.0 Å². The van der Waals surface area contributed by atoms with E-state index >= 15 is 0 Å². The standard InChI is InChI=1S/C14H15ClN2O3S/c1-2-17(11-4-3-5-12(18)9-11)21(19,20)14-7-6-10(16)8-13(14)15/h3-9,18H,2,16H2,1H3. The van der Waals surface area contributed by atoms with E-state index in [4.69, 9.17) is 17.3 Å². The number of nitrogens with zero attached hydrogens (tertiary/aromatic N) is 1. The molecule has 0 aliphatic carbocycles. The fourth-order valence-electron chi connectivity index (χ4n) is 1.98. The average molecular weight is 327 g/mol. The lowest BCUT2D eigenvalue weighted by molar-refractivity contribution is 0.475. The molecule has 0 fully saturated rings. The zero-order valence-corrected chi connectivity index (χ0v) is 12.9. The van der Waals surface area contributed by atoms with Crippen LogP contribution in [0.4, 0.5) is 11.4 Å². The molecule has 0 atom stereocenters. The van der Waals surface area contributed by atoms with Crippen molar-refractivity contribution in [1.82, 2.24) is 0 Å². The van der Waals surface area contributed by atoms with Crippen molar-refractivity contribution in [3.8, 4) is 5.75 Å². The number of benzene rings is 2. The van der Waals surface area contributed by atoms with Crippen molar-refractivity contribution in [1.29, 1.82) is 0 Å². The van der Waals surface area contributed by atoms with Crippen molar-refractivity contribution in [2.75, 3.05) is 16.6 Å². The summed E-state index contributed by atoms with van der Waals surface area (Å²) in [4.78, 5) is -0.0245. The lowest BCUT2D eigenvalue weighted by Gasteiger charge is -2.23. The number of hydrogen-bond donors (Lipinski definition) is 2. The highest BCUT2D eigenvalue weighted by molar-refractivity contribution is 7.93. The largest absolute Gasteiger partial charge is 0.508 e. The Balaban J connectivity index is 2.54. The normalized spacial score (nSPS) is 11.3. The molecular weight excluding hydrogens is 312 g/mol. The summed E-state index contributed by atoms with van der Waals surface area (Å²) in [5.74, 6) is -0.00967. The first kappa shape index (κ1) is 15.5. The van der Waals surface area contributed by atoms with Crippen molar-refractivity contribution in [2.24, 2.45) is 0 Å². The quantitative estimate of drug-likeness (QED) is 0.846. The van der Waals surface area contributed by atoms with Gasteiger partial charge in [-0.15, -0.1) is 0 Å². The molecule has 0 unspecified atom stereocenters. The number of nitrogens with two attached hydrogens (primary N) is 1. The zero-order chi connectivity index (χ0) is 15.6.